The van der Waals surface area contributed by atoms with E-state index < -0.39 is 0 Å². The molecule has 2 heterocycles. The van der Waals surface area contributed by atoms with Crippen LogP contribution in [0.3, 0.4) is 0 Å². The SMILES string of the molecule is Cc1ccccc1-c1cn(CC(=O)NCCc2ccc(Cl)cc2)nc1N1CCOCC1. The van der Waals surface area contributed by atoms with E-state index in [1.54, 1.807) is 4.68 Å². The van der Waals surface area contributed by atoms with Crippen LogP contribution in [0.25, 0.3) is 11.1 Å². The van der Waals surface area contributed by atoms with Gasteiger partial charge in [-0.15, -0.1) is 0 Å². The molecule has 4 rings (SSSR count). The highest BCUT2D eigenvalue weighted by molar-refractivity contribution is 6.30. The van der Waals surface area contributed by atoms with Gasteiger partial charge in [-0.25, -0.2) is 0 Å². The van der Waals surface area contributed by atoms with Crippen LogP contribution >= 0.6 is 11.6 Å². The Kier molecular flexibility index (Phi) is 6.89. The molecule has 0 bridgehead atoms. The van der Waals surface area contributed by atoms with Crippen LogP contribution in [0.2, 0.25) is 5.02 Å². The fraction of sp³-hybridized carbons (Fsp3) is 0.333. The van der Waals surface area contributed by atoms with E-state index in [1.165, 1.54) is 5.56 Å². The summed E-state index contributed by atoms with van der Waals surface area (Å²) in [7, 11) is 0. The first kappa shape index (κ1) is 21.4. The summed E-state index contributed by atoms with van der Waals surface area (Å²) in [5.41, 5.74) is 4.51. The molecule has 31 heavy (non-hydrogen) atoms. The maximum absolute atomic E-state index is 12.5. The van der Waals surface area contributed by atoms with Crippen molar-refractivity contribution in [1.29, 1.82) is 0 Å². The van der Waals surface area contributed by atoms with Gasteiger partial charge in [0.1, 0.15) is 6.54 Å². The second-order valence-electron chi connectivity index (χ2n) is 7.70. The highest BCUT2D eigenvalue weighted by atomic mass is 35.5. The Morgan fingerprint density at radius 1 is 1.10 bits per heavy atom. The maximum atomic E-state index is 12.5. The van der Waals surface area contributed by atoms with Gasteiger partial charge >= 0.3 is 0 Å². The van der Waals surface area contributed by atoms with Crippen molar-refractivity contribution >= 4 is 23.3 Å². The van der Waals surface area contributed by atoms with Gasteiger partial charge in [-0.05, 0) is 42.2 Å². The second-order valence-corrected chi connectivity index (χ2v) is 8.14. The highest BCUT2D eigenvalue weighted by Gasteiger charge is 2.21. The lowest BCUT2D eigenvalue weighted by atomic mass is 10.0. The van der Waals surface area contributed by atoms with E-state index in [2.05, 4.69) is 29.3 Å². The first-order valence-electron chi connectivity index (χ1n) is 10.6. The van der Waals surface area contributed by atoms with Crippen LogP contribution in [0.15, 0.2) is 54.7 Å². The van der Waals surface area contributed by atoms with Crippen molar-refractivity contribution in [3.8, 4) is 11.1 Å². The van der Waals surface area contributed by atoms with Crippen molar-refractivity contribution in [2.24, 2.45) is 0 Å². The number of halogens is 1. The summed E-state index contributed by atoms with van der Waals surface area (Å²) in [6, 6.07) is 16.0. The van der Waals surface area contributed by atoms with E-state index in [0.29, 0.717) is 24.8 Å². The lowest BCUT2D eigenvalue weighted by Crippen LogP contribution is -2.37. The van der Waals surface area contributed by atoms with Gasteiger partial charge in [0.2, 0.25) is 5.91 Å². The van der Waals surface area contributed by atoms with E-state index in [0.717, 1.165) is 42.0 Å². The number of carbonyl (C=O) groups is 1. The van der Waals surface area contributed by atoms with Gasteiger partial charge in [-0.2, -0.15) is 5.10 Å². The average molecular weight is 439 g/mol. The smallest absolute Gasteiger partial charge is 0.241 e. The summed E-state index contributed by atoms with van der Waals surface area (Å²) < 4.78 is 7.24. The lowest BCUT2D eigenvalue weighted by molar-refractivity contribution is -0.121. The molecule has 7 heteroatoms. The van der Waals surface area contributed by atoms with Crippen LogP contribution in [0.5, 0.6) is 0 Å². The van der Waals surface area contributed by atoms with Gasteiger partial charge in [0.05, 0.1) is 13.2 Å². The maximum Gasteiger partial charge on any atom is 0.241 e. The predicted octanol–water partition coefficient (Wildman–Crippen LogP) is 3.71. The van der Waals surface area contributed by atoms with Crippen molar-refractivity contribution in [2.75, 3.05) is 37.7 Å². The van der Waals surface area contributed by atoms with E-state index in [9.17, 15) is 4.79 Å². The number of morpholine rings is 1. The van der Waals surface area contributed by atoms with Gasteiger partial charge in [0, 0.05) is 36.4 Å². The lowest BCUT2D eigenvalue weighted by Gasteiger charge is -2.27. The number of carbonyl (C=O) groups excluding carboxylic acids is 1. The Hall–Kier alpha value is -2.83. The Morgan fingerprint density at radius 3 is 2.58 bits per heavy atom. The number of aryl methyl sites for hydroxylation is 1. The largest absolute Gasteiger partial charge is 0.378 e. The van der Waals surface area contributed by atoms with E-state index >= 15 is 0 Å². The quantitative estimate of drug-likeness (QED) is 0.611. The molecular formula is C24H27ClN4O2. The molecule has 3 aromatic rings. The summed E-state index contributed by atoms with van der Waals surface area (Å²) in [5, 5.41) is 8.48. The van der Waals surface area contributed by atoms with Crippen LogP contribution < -0.4 is 10.2 Å². The second kappa shape index (κ2) is 9.98. The zero-order valence-corrected chi connectivity index (χ0v) is 18.4. The molecule has 0 radical (unpaired) electrons. The molecule has 1 aromatic heterocycles. The number of hydrogen-bond donors (Lipinski definition) is 1. The fourth-order valence-electron chi connectivity index (χ4n) is 3.77. The standard InChI is InChI=1S/C24H27ClN4O2/c1-18-4-2-3-5-21(18)22-16-29(27-24(22)28-12-14-31-15-13-28)17-23(30)26-11-10-19-6-8-20(25)9-7-19/h2-9,16H,10-15,17H2,1H3,(H,26,30). The van der Waals surface area contributed by atoms with Gasteiger partial charge < -0.3 is 15.0 Å². The van der Waals surface area contributed by atoms with Crippen molar-refractivity contribution in [2.45, 2.75) is 19.9 Å². The number of benzene rings is 2. The Bertz CT molecular complexity index is 1030. The van der Waals surface area contributed by atoms with Gasteiger partial charge in [-0.3, -0.25) is 9.48 Å². The first-order valence-corrected chi connectivity index (χ1v) is 11.0. The number of hydrogen-bond acceptors (Lipinski definition) is 4. The minimum Gasteiger partial charge on any atom is -0.378 e. The molecular weight excluding hydrogens is 412 g/mol. The van der Waals surface area contributed by atoms with Crippen LogP contribution in [-0.4, -0.2) is 48.5 Å². The summed E-state index contributed by atoms with van der Waals surface area (Å²) in [4.78, 5) is 14.8. The van der Waals surface area contributed by atoms with Crippen molar-refractivity contribution in [3.63, 3.8) is 0 Å². The van der Waals surface area contributed by atoms with E-state index in [-0.39, 0.29) is 12.5 Å². The number of anilines is 1. The topological polar surface area (TPSA) is 59.4 Å². The molecule has 0 aliphatic carbocycles. The van der Waals surface area contributed by atoms with Crippen LogP contribution in [0.1, 0.15) is 11.1 Å². The number of amides is 1. The zero-order chi connectivity index (χ0) is 21.6. The molecule has 1 saturated heterocycles. The number of rotatable bonds is 7. The van der Waals surface area contributed by atoms with Crippen LogP contribution in [-0.2, 0) is 22.5 Å². The Labute approximate surface area is 187 Å². The van der Waals surface area contributed by atoms with Crippen molar-refractivity contribution in [3.05, 3.63) is 70.9 Å². The molecule has 1 aliphatic heterocycles. The highest BCUT2D eigenvalue weighted by Crippen LogP contribution is 2.32. The summed E-state index contributed by atoms with van der Waals surface area (Å²) >= 11 is 5.92. The molecule has 1 fully saturated rings. The van der Waals surface area contributed by atoms with Crippen molar-refractivity contribution in [1.82, 2.24) is 15.1 Å². The predicted molar refractivity (Wildman–Crippen MR) is 124 cm³/mol. The molecule has 0 atom stereocenters. The molecule has 162 valence electrons. The molecule has 6 nitrogen and oxygen atoms in total. The minimum absolute atomic E-state index is 0.0543. The first-order chi connectivity index (χ1) is 15.1. The molecule has 1 amide bonds. The average Bonchev–Trinajstić information content (AvgIpc) is 3.19. The minimum atomic E-state index is -0.0543. The molecule has 0 spiro atoms. The third-order valence-electron chi connectivity index (χ3n) is 5.44. The fourth-order valence-corrected chi connectivity index (χ4v) is 3.89. The number of ether oxygens (including phenoxy) is 1. The number of nitrogens with one attached hydrogen (secondary N) is 1. The monoisotopic (exact) mass is 438 g/mol. The van der Waals surface area contributed by atoms with E-state index in [1.807, 2.05) is 42.6 Å². The number of aromatic nitrogens is 2. The van der Waals surface area contributed by atoms with Gasteiger partial charge in [0.15, 0.2) is 5.82 Å². The van der Waals surface area contributed by atoms with E-state index in [4.69, 9.17) is 21.4 Å². The van der Waals surface area contributed by atoms with Gasteiger partial charge in [-0.1, -0.05) is 48.0 Å². The van der Waals surface area contributed by atoms with Crippen LogP contribution in [0.4, 0.5) is 5.82 Å². The van der Waals surface area contributed by atoms with Gasteiger partial charge in [0.25, 0.3) is 0 Å². The van der Waals surface area contributed by atoms with Crippen molar-refractivity contribution < 1.29 is 9.53 Å². The third-order valence-corrected chi connectivity index (χ3v) is 5.69. The summed E-state index contributed by atoms with van der Waals surface area (Å²) in [6.07, 6.45) is 2.74. The number of nitrogens with zero attached hydrogens (tertiary/aromatic N) is 3. The molecule has 1 aliphatic rings. The summed E-state index contributed by atoms with van der Waals surface area (Å²) in [5.74, 6) is 0.855. The molecule has 1 N–H and O–H groups in total. The summed E-state index contributed by atoms with van der Waals surface area (Å²) in [6.45, 7) is 5.81. The molecule has 0 unspecified atom stereocenters. The Morgan fingerprint density at radius 2 is 1.84 bits per heavy atom. The van der Waals surface area contributed by atoms with Crippen LogP contribution in [0, 0.1) is 6.92 Å². The zero-order valence-electron chi connectivity index (χ0n) is 17.7. The molecule has 0 saturated carbocycles. The molecule has 2 aromatic carbocycles. The Balaban J connectivity index is 1.45. The normalized spacial score (nSPS) is 13.9. The third kappa shape index (κ3) is 5.46.